The zero-order valence-electron chi connectivity index (χ0n) is 16.4. The van der Waals surface area contributed by atoms with Gasteiger partial charge in [-0.1, -0.05) is 17.7 Å². The van der Waals surface area contributed by atoms with E-state index >= 15 is 0 Å². The minimum atomic E-state index is -4.75. The molecule has 2 unspecified atom stereocenters. The van der Waals surface area contributed by atoms with Crippen molar-refractivity contribution in [3.63, 3.8) is 0 Å². The molecule has 1 aliphatic rings. The summed E-state index contributed by atoms with van der Waals surface area (Å²) in [5.74, 6) is -1.67. The van der Waals surface area contributed by atoms with Crippen LogP contribution in [0.2, 0.25) is 5.15 Å². The van der Waals surface area contributed by atoms with E-state index in [2.05, 4.69) is 10.3 Å². The van der Waals surface area contributed by atoms with Crippen molar-refractivity contribution < 1.29 is 32.2 Å². The lowest BCUT2D eigenvalue weighted by molar-refractivity contribution is -0.143. The van der Waals surface area contributed by atoms with E-state index in [1.807, 2.05) is 0 Å². The molecule has 0 saturated carbocycles. The van der Waals surface area contributed by atoms with E-state index in [0.29, 0.717) is 11.3 Å². The number of halogens is 4. The second-order valence-electron chi connectivity index (χ2n) is 6.81. The van der Waals surface area contributed by atoms with Crippen LogP contribution in [0.25, 0.3) is 5.65 Å². The number of ether oxygens (including phenoxy) is 2. The van der Waals surface area contributed by atoms with Crippen LogP contribution in [0, 0.1) is 0 Å². The highest BCUT2D eigenvalue weighted by atomic mass is 35.5. The molecule has 1 aliphatic heterocycles. The van der Waals surface area contributed by atoms with Crippen LogP contribution in [-0.4, -0.2) is 28.4 Å². The fourth-order valence-corrected chi connectivity index (χ4v) is 4.31. The van der Waals surface area contributed by atoms with Gasteiger partial charge in [-0.05, 0) is 23.6 Å². The maximum Gasteiger partial charge on any atom is 0.419 e. The van der Waals surface area contributed by atoms with Gasteiger partial charge < -0.3 is 14.8 Å². The van der Waals surface area contributed by atoms with Crippen LogP contribution in [0.1, 0.15) is 45.1 Å². The molecular formula is C20H15ClF3N3O4S. The van der Waals surface area contributed by atoms with E-state index in [9.17, 15) is 22.8 Å². The zero-order chi connectivity index (χ0) is 23.0. The minimum absolute atomic E-state index is 0.229. The molecule has 3 aromatic heterocycles. The van der Waals surface area contributed by atoms with Crippen molar-refractivity contribution >= 4 is 40.5 Å². The SMILES string of the molecule is COC(=O)C(NC(=O)c1nc2c(C(F)(F)F)cc(C3CC=CO3)cn2c1Cl)c1cccs1. The van der Waals surface area contributed by atoms with Gasteiger partial charge in [-0.15, -0.1) is 11.3 Å². The number of pyridine rings is 1. The predicted octanol–water partition coefficient (Wildman–Crippen LogP) is 4.69. The Morgan fingerprint density at radius 2 is 2.22 bits per heavy atom. The van der Waals surface area contributed by atoms with Crippen molar-refractivity contribution in [3.05, 3.63) is 69.0 Å². The summed E-state index contributed by atoms with van der Waals surface area (Å²) in [5.41, 5.74) is -1.82. The number of thiophene rings is 1. The van der Waals surface area contributed by atoms with Gasteiger partial charge in [0.05, 0.1) is 18.9 Å². The number of nitrogens with zero attached hydrogens (tertiary/aromatic N) is 2. The summed E-state index contributed by atoms with van der Waals surface area (Å²) in [4.78, 5) is 29.4. The summed E-state index contributed by atoms with van der Waals surface area (Å²) in [7, 11) is 1.16. The molecule has 0 aliphatic carbocycles. The molecule has 0 spiro atoms. The number of amides is 1. The van der Waals surface area contributed by atoms with Crippen molar-refractivity contribution in [2.75, 3.05) is 7.11 Å². The average molecular weight is 486 g/mol. The van der Waals surface area contributed by atoms with Crippen LogP contribution in [0.3, 0.4) is 0 Å². The number of alkyl halides is 3. The number of methoxy groups -OCH3 is 1. The summed E-state index contributed by atoms with van der Waals surface area (Å²) in [5, 5.41) is 3.81. The van der Waals surface area contributed by atoms with Gasteiger partial charge in [-0.2, -0.15) is 13.2 Å². The number of carbonyl (C=O) groups is 2. The predicted molar refractivity (Wildman–Crippen MR) is 109 cm³/mol. The van der Waals surface area contributed by atoms with Crippen molar-refractivity contribution in [3.8, 4) is 0 Å². The van der Waals surface area contributed by atoms with Gasteiger partial charge >= 0.3 is 12.1 Å². The number of esters is 1. The largest absolute Gasteiger partial charge is 0.493 e. The molecule has 168 valence electrons. The Balaban J connectivity index is 1.76. The molecule has 0 fully saturated rings. The molecule has 3 aromatic rings. The Kier molecular flexibility index (Phi) is 5.87. The van der Waals surface area contributed by atoms with Gasteiger partial charge in [0.25, 0.3) is 5.91 Å². The number of fused-ring (bicyclic) bond motifs is 1. The molecule has 0 bridgehead atoms. The van der Waals surface area contributed by atoms with Crippen LogP contribution in [0.5, 0.6) is 0 Å². The summed E-state index contributed by atoms with van der Waals surface area (Å²) in [6.45, 7) is 0. The topological polar surface area (TPSA) is 81.9 Å². The number of hydrogen-bond acceptors (Lipinski definition) is 6. The summed E-state index contributed by atoms with van der Waals surface area (Å²) < 4.78 is 52.3. The average Bonchev–Trinajstić information content (AvgIpc) is 3.51. The first-order valence-electron chi connectivity index (χ1n) is 9.22. The number of aromatic nitrogens is 2. The lowest BCUT2D eigenvalue weighted by Gasteiger charge is -2.15. The second kappa shape index (κ2) is 8.47. The lowest BCUT2D eigenvalue weighted by Crippen LogP contribution is -2.34. The Hall–Kier alpha value is -3.05. The third-order valence-corrected chi connectivity index (χ3v) is 6.10. The van der Waals surface area contributed by atoms with Gasteiger partial charge in [0.15, 0.2) is 17.4 Å². The fourth-order valence-electron chi connectivity index (χ4n) is 3.29. The molecule has 4 heterocycles. The van der Waals surface area contributed by atoms with Crippen LogP contribution in [0.15, 0.2) is 42.1 Å². The van der Waals surface area contributed by atoms with Gasteiger partial charge in [0.1, 0.15) is 11.3 Å². The minimum Gasteiger partial charge on any atom is -0.493 e. The van der Waals surface area contributed by atoms with Gasteiger partial charge in [-0.3, -0.25) is 9.20 Å². The van der Waals surface area contributed by atoms with Crippen LogP contribution >= 0.6 is 22.9 Å². The normalized spacial score (nSPS) is 16.7. The first-order chi connectivity index (χ1) is 15.2. The van der Waals surface area contributed by atoms with Crippen molar-refractivity contribution in [2.45, 2.75) is 24.7 Å². The van der Waals surface area contributed by atoms with Gasteiger partial charge in [-0.25, -0.2) is 9.78 Å². The van der Waals surface area contributed by atoms with E-state index in [1.54, 1.807) is 23.6 Å². The Morgan fingerprint density at radius 1 is 1.44 bits per heavy atom. The highest BCUT2D eigenvalue weighted by molar-refractivity contribution is 7.10. The molecule has 32 heavy (non-hydrogen) atoms. The van der Waals surface area contributed by atoms with Gasteiger partial charge in [0.2, 0.25) is 0 Å². The third-order valence-electron chi connectivity index (χ3n) is 4.80. The standard InChI is InChI=1S/C20H15ClF3N3O4S/c1-30-19(29)14(13-5-3-7-32-13)26-18(28)15-16(21)27-9-10(12-4-2-6-31-12)8-11(17(27)25-15)20(22,23)24/h2-3,5-9,12,14H,4H2,1H3,(H,26,28). The molecule has 1 amide bonds. The number of imidazole rings is 1. The van der Waals surface area contributed by atoms with Crippen molar-refractivity contribution in [1.29, 1.82) is 0 Å². The van der Waals surface area contributed by atoms with E-state index in [-0.39, 0.29) is 10.7 Å². The fraction of sp³-hybridized carbons (Fsp3) is 0.250. The summed E-state index contributed by atoms with van der Waals surface area (Å²) in [6.07, 6.45) is -0.520. The summed E-state index contributed by atoms with van der Waals surface area (Å²) in [6, 6.07) is 3.06. The Labute approximate surface area is 188 Å². The lowest BCUT2D eigenvalue weighted by atomic mass is 10.1. The molecule has 0 aromatic carbocycles. The molecule has 4 rings (SSSR count). The summed E-state index contributed by atoms with van der Waals surface area (Å²) >= 11 is 7.48. The molecule has 0 radical (unpaired) electrons. The van der Waals surface area contributed by atoms with Crippen molar-refractivity contribution in [2.24, 2.45) is 0 Å². The highest BCUT2D eigenvalue weighted by Crippen LogP contribution is 2.38. The quantitative estimate of drug-likeness (QED) is 0.530. The maximum atomic E-state index is 13.8. The van der Waals surface area contributed by atoms with Crippen molar-refractivity contribution in [1.82, 2.24) is 14.7 Å². The second-order valence-corrected chi connectivity index (χ2v) is 8.14. The molecule has 12 heteroatoms. The maximum absolute atomic E-state index is 13.8. The van der Waals surface area contributed by atoms with Crippen LogP contribution < -0.4 is 5.32 Å². The highest BCUT2D eigenvalue weighted by Gasteiger charge is 2.37. The van der Waals surface area contributed by atoms with E-state index in [4.69, 9.17) is 21.1 Å². The van der Waals surface area contributed by atoms with E-state index in [0.717, 1.165) is 17.6 Å². The first-order valence-corrected chi connectivity index (χ1v) is 10.5. The Bertz CT molecular complexity index is 1200. The Morgan fingerprint density at radius 3 is 2.81 bits per heavy atom. The monoisotopic (exact) mass is 485 g/mol. The van der Waals surface area contributed by atoms with Crippen LogP contribution in [-0.2, 0) is 20.4 Å². The van der Waals surface area contributed by atoms with Crippen LogP contribution in [0.4, 0.5) is 13.2 Å². The van der Waals surface area contributed by atoms with E-state index in [1.165, 1.54) is 23.8 Å². The van der Waals surface area contributed by atoms with E-state index < -0.39 is 47.1 Å². The molecule has 7 nitrogen and oxygen atoms in total. The van der Waals surface area contributed by atoms with Gasteiger partial charge in [0, 0.05) is 23.1 Å². The number of hydrogen-bond donors (Lipinski definition) is 1. The third kappa shape index (κ3) is 4.05. The molecular weight excluding hydrogens is 471 g/mol. The zero-order valence-corrected chi connectivity index (χ0v) is 17.9. The smallest absolute Gasteiger partial charge is 0.419 e. The molecule has 2 atom stereocenters. The molecule has 0 saturated heterocycles. The first kappa shape index (κ1) is 22.2. The number of rotatable bonds is 5. The number of nitrogens with one attached hydrogen (secondary N) is 1. The number of carbonyl (C=O) groups excluding carboxylic acids is 2. The molecule has 1 N–H and O–H groups in total.